The molecule has 1 aromatic heterocycles. The Morgan fingerprint density at radius 2 is 1.82 bits per heavy atom. The highest BCUT2D eigenvalue weighted by atomic mass is 16.5. The van der Waals surface area contributed by atoms with E-state index in [1.807, 2.05) is 62.4 Å². The molecule has 4 heteroatoms. The first kappa shape index (κ1) is 14.2. The number of aromatic nitrogens is 1. The van der Waals surface area contributed by atoms with Crippen LogP contribution in [0.1, 0.15) is 19.4 Å². The molecule has 2 N–H and O–H groups in total. The number of hydrogen-bond acceptors (Lipinski definition) is 3. The largest absolute Gasteiger partial charge is 0.494 e. The van der Waals surface area contributed by atoms with Crippen molar-refractivity contribution in [3.05, 3.63) is 54.1 Å². The summed E-state index contributed by atoms with van der Waals surface area (Å²) in [5.74, 6) is 0.847. The molecule has 22 heavy (non-hydrogen) atoms. The monoisotopic (exact) mass is 294 g/mol. The fraction of sp³-hybridized carbons (Fsp3) is 0.167. The lowest BCUT2D eigenvalue weighted by atomic mass is 10.2. The van der Waals surface area contributed by atoms with E-state index in [-0.39, 0.29) is 12.0 Å². The maximum atomic E-state index is 10.0. The van der Waals surface area contributed by atoms with Gasteiger partial charge in [-0.15, -0.1) is 0 Å². The smallest absolute Gasteiger partial charge is 0.198 e. The van der Waals surface area contributed by atoms with Crippen molar-refractivity contribution in [1.29, 1.82) is 0 Å². The third-order valence-electron chi connectivity index (χ3n) is 3.29. The molecule has 0 aliphatic carbocycles. The van der Waals surface area contributed by atoms with Crippen molar-refractivity contribution in [2.24, 2.45) is 4.99 Å². The van der Waals surface area contributed by atoms with Crippen LogP contribution in [0.15, 0.2) is 53.5 Å². The summed E-state index contributed by atoms with van der Waals surface area (Å²) in [5, 5.41) is 11.0. The lowest BCUT2D eigenvalue weighted by molar-refractivity contribution is 0.243. The minimum Gasteiger partial charge on any atom is -0.494 e. The van der Waals surface area contributed by atoms with Gasteiger partial charge in [-0.3, -0.25) is 4.99 Å². The summed E-state index contributed by atoms with van der Waals surface area (Å²) in [6.45, 7) is 3.96. The zero-order chi connectivity index (χ0) is 15.5. The number of rotatable bonds is 4. The van der Waals surface area contributed by atoms with E-state index in [0.717, 1.165) is 22.3 Å². The van der Waals surface area contributed by atoms with Crippen molar-refractivity contribution in [2.75, 3.05) is 0 Å². The molecular weight excluding hydrogens is 276 g/mol. The Balaban J connectivity index is 1.98. The number of nitrogens with one attached hydrogen (secondary N) is 1. The number of ether oxygens (including phenoxy) is 1. The molecule has 0 bridgehead atoms. The quantitative estimate of drug-likeness (QED) is 0.700. The number of aromatic amines is 1. The summed E-state index contributed by atoms with van der Waals surface area (Å²) in [6.07, 6.45) is 1.74. The summed E-state index contributed by atoms with van der Waals surface area (Å²) in [4.78, 5) is 7.43. The Labute approximate surface area is 129 Å². The van der Waals surface area contributed by atoms with Crippen LogP contribution in [0, 0.1) is 0 Å². The number of hydrogen-bond donors (Lipinski definition) is 2. The van der Waals surface area contributed by atoms with Gasteiger partial charge in [-0.05, 0) is 32.0 Å². The zero-order valence-electron chi connectivity index (χ0n) is 12.6. The van der Waals surface area contributed by atoms with E-state index in [9.17, 15) is 5.11 Å². The second-order valence-corrected chi connectivity index (χ2v) is 5.33. The van der Waals surface area contributed by atoms with Gasteiger partial charge in [-0.1, -0.05) is 30.3 Å². The van der Waals surface area contributed by atoms with E-state index in [2.05, 4.69) is 9.98 Å². The lowest BCUT2D eigenvalue weighted by Crippen LogP contribution is -2.05. The molecular formula is C18H18N2O2. The van der Waals surface area contributed by atoms with Crippen LogP contribution >= 0.6 is 0 Å². The fourth-order valence-corrected chi connectivity index (χ4v) is 2.33. The molecule has 0 aliphatic rings. The van der Waals surface area contributed by atoms with E-state index < -0.39 is 0 Å². The SMILES string of the molecule is CC(C)Oc1ccccc1N=Cc1c(O)[nH]c2ccccc12. The van der Waals surface area contributed by atoms with Crippen molar-refractivity contribution in [2.45, 2.75) is 20.0 Å². The van der Waals surface area contributed by atoms with Crippen molar-refractivity contribution < 1.29 is 9.84 Å². The topological polar surface area (TPSA) is 57.6 Å². The van der Waals surface area contributed by atoms with Gasteiger partial charge in [-0.2, -0.15) is 0 Å². The summed E-state index contributed by atoms with van der Waals surface area (Å²) < 4.78 is 5.75. The maximum absolute atomic E-state index is 10.0. The molecule has 0 fully saturated rings. The van der Waals surface area contributed by atoms with Crippen LogP contribution in [-0.2, 0) is 0 Å². The summed E-state index contributed by atoms with van der Waals surface area (Å²) >= 11 is 0. The van der Waals surface area contributed by atoms with Crippen LogP contribution in [0.3, 0.4) is 0 Å². The molecule has 0 aliphatic heterocycles. The number of para-hydroxylation sites is 3. The van der Waals surface area contributed by atoms with Crippen LogP contribution in [0.25, 0.3) is 10.9 Å². The molecule has 0 radical (unpaired) electrons. The van der Waals surface area contributed by atoms with Crippen LogP contribution in [0.2, 0.25) is 0 Å². The van der Waals surface area contributed by atoms with Gasteiger partial charge >= 0.3 is 0 Å². The second kappa shape index (κ2) is 5.93. The Morgan fingerprint density at radius 3 is 2.64 bits per heavy atom. The maximum Gasteiger partial charge on any atom is 0.198 e. The Kier molecular flexibility index (Phi) is 3.83. The van der Waals surface area contributed by atoms with Gasteiger partial charge in [0.1, 0.15) is 11.4 Å². The molecule has 3 aromatic rings. The van der Waals surface area contributed by atoms with Crippen LogP contribution in [-0.4, -0.2) is 22.4 Å². The van der Waals surface area contributed by atoms with Crippen molar-refractivity contribution in [3.8, 4) is 11.6 Å². The standard InChI is InChI=1S/C18H18N2O2/c1-12(2)22-17-10-6-5-9-16(17)19-11-14-13-7-3-4-8-15(13)20-18(14)21/h3-12,20-21H,1-2H3. The number of H-pyrrole nitrogens is 1. The van der Waals surface area contributed by atoms with Gasteiger partial charge in [0, 0.05) is 17.1 Å². The van der Waals surface area contributed by atoms with Crippen molar-refractivity contribution >= 4 is 22.8 Å². The predicted octanol–water partition coefficient (Wildman–Crippen LogP) is 4.41. The van der Waals surface area contributed by atoms with Crippen molar-refractivity contribution in [1.82, 2.24) is 4.98 Å². The highest BCUT2D eigenvalue weighted by Gasteiger charge is 2.09. The van der Waals surface area contributed by atoms with Gasteiger partial charge < -0.3 is 14.8 Å². The van der Waals surface area contributed by atoms with Gasteiger partial charge in [-0.25, -0.2) is 0 Å². The highest BCUT2D eigenvalue weighted by Crippen LogP contribution is 2.30. The average molecular weight is 294 g/mol. The van der Waals surface area contributed by atoms with Crippen LogP contribution in [0.4, 0.5) is 5.69 Å². The predicted molar refractivity (Wildman–Crippen MR) is 89.4 cm³/mol. The summed E-state index contributed by atoms with van der Waals surface area (Å²) in [5.41, 5.74) is 2.30. The van der Waals surface area contributed by atoms with Crippen molar-refractivity contribution in [3.63, 3.8) is 0 Å². The number of aliphatic imine (C=N–C) groups is 1. The Hall–Kier alpha value is -2.75. The molecule has 0 saturated carbocycles. The van der Waals surface area contributed by atoms with Gasteiger partial charge in [0.15, 0.2) is 5.88 Å². The minimum atomic E-state index is 0.0813. The Bertz CT molecular complexity index is 819. The second-order valence-electron chi connectivity index (χ2n) is 5.33. The van der Waals surface area contributed by atoms with E-state index in [0.29, 0.717) is 5.56 Å². The molecule has 4 nitrogen and oxygen atoms in total. The third-order valence-corrected chi connectivity index (χ3v) is 3.29. The van der Waals surface area contributed by atoms with Crippen LogP contribution < -0.4 is 4.74 Å². The normalized spacial score (nSPS) is 11.6. The van der Waals surface area contributed by atoms with E-state index >= 15 is 0 Å². The Morgan fingerprint density at radius 1 is 1.09 bits per heavy atom. The third kappa shape index (κ3) is 2.81. The number of aromatic hydroxyl groups is 1. The minimum absolute atomic E-state index is 0.0813. The molecule has 0 saturated heterocycles. The molecule has 0 atom stereocenters. The first-order valence-corrected chi connectivity index (χ1v) is 7.24. The average Bonchev–Trinajstić information content (AvgIpc) is 2.81. The molecule has 112 valence electrons. The molecule has 0 unspecified atom stereocenters. The van der Waals surface area contributed by atoms with Gasteiger partial charge in [0.2, 0.25) is 0 Å². The lowest BCUT2D eigenvalue weighted by Gasteiger charge is -2.11. The molecule has 0 amide bonds. The molecule has 0 spiro atoms. The van der Waals surface area contributed by atoms with Gasteiger partial charge in [0.05, 0.1) is 11.7 Å². The van der Waals surface area contributed by atoms with E-state index in [4.69, 9.17) is 4.74 Å². The molecule has 3 rings (SSSR count). The van der Waals surface area contributed by atoms with Gasteiger partial charge in [0.25, 0.3) is 0 Å². The first-order valence-electron chi connectivity index (χ1n) is 7.24. The summed E-state index contributed by atoms with van der Waals surface area (Å²) in [7, 11) is 0. The van der Waals surface area contributed by atoms with E-state index in [1.54, 1.807) is 6.21 Å². The van der Waals surface area contributed by atoms with E-state index in [1.165, 1.54) is 0 Å². The highest BCUT2D eigenvalue weighted by molar-refractivity contribution is 6.02. The number of fused-ring (bicyclic) bond motifs is 1. The summed E-state index contributed by atoms with van der Waals surface area (Å²) in [6, 6.07) is 15.3. The molecule has 1 heterocycles. The number of nitrogens with zero attached hydrogens (tertiary/aromatic N) is 1. The first-order chi connectivity index (χ1) is 10.6. The van der Waals surface area contributed by atoms with Crippen LogP contribution in [0.5, 0.6) is 11.6 Å². The fourth-order valence-electron chi connectivity index (χ4n) is 2.33. The number of benzene rings is 2. The molecule has 2 aromatic carbocycles. The zero-order valence-corrected chi connectivity index (χ0v) is 12.6.